The van der Waals surface area contributed by atoms with Crippen LogP contribution in [0.1, 0.15) is 26.3 Å². The van der Waals surface area contributed by atoms with Gasteiger partial charge in [-0.2, -0.15) is 0 Å². The summed E-state index contributed by atoms with van der Waals surface area (Å²) in [6.07, 6.45) is 3.30. The molecule has 160 valence electrons. The summed E-state index contributed by atoms with van der Waals surface area (Å²) >= 11 is 0. The number of nitrogens with one attached hydrogen (secondary N) is 2. The van der Waals surface area contributed by atoms with Crippen molar-refractivity contribution < 1.29 is 18.0 Å². The van der Waals surface area contributed by atoms with Gasteiger partial charge in [0, 0.05) is 38.6 Å². The number of benzene rings is 2. The van der Waals surface area contributed by atoms with Crippen LogP contribution in [-0.4, -0.2) is 43.6 Å². The molecule has 2 N–H and O–H groups in total. The van der Waals surface area contributed by atoms with Crippen LogP contribution in [0.5, 0.6) is 0 Å². The van der Waals surface area contributed by atoms with Crippen molar-refractivity contribution in [2.45, 2.75) is 11.4 Å². The molecule has 0 spiro atoms. The highest BCUT2D eigenvalue weighted by atomic mass is 32.2. The Morgan fingerprint density at radius 3 is 2.45 bits per heavy atom. The lowest BCUT2D eigenvalue weighted by molar-refractivity contribution is 0.0951. The third kappa shape index (κ3) is 5.33. The molecule has 8 nitrogen and oxygen atoms in total. The number of amides is 2. The molecule has 0 aliphatic carbocycles. The summed E-state index contributed by atoms with van der Waals surface area (Å²) in [4.78, 5) is 29.4. The lowest BCUT2D eigenvalue weighted by atomic mass is 10.1. The fourth-order valence-corrected chi connectivity index (χ4v) is 3.72. The van der Waals surface area contributed by atoms with Gasteiger partial charge in [0.15, 0.2) is 0 Å². The van der Waals surface area contributed by atoms with Crippen LogP contribution in [0.25, 0.3) is 0 Å². The molecule has 0 saturated heterocycles. The summed E-state index contributed by atoms with van der Waals surface area (Å²) < 4.78 is 25.7. The molecule has 1 heterocycles. The van der Waals surface area contributed by atoms with Crippen LogP contribution < -0.4 is 10.6 Å². The molecule has 0 fully saturated rings. The Morgan fingerprint density at radius 1 is 0.968 bits per heavy atom. The number of aromatic nitrogens is 1. The van der Waals surface area contributed by atoms with Crippen molar-refractivity contribution in [3.8, 4) is 0 Å². The lowest BCUT2D eigenvalue weighted by Gasteiger charge is -2.13. The molecule has 9 heteroatoms. The minimum atomic E-state index is -3.68. The minimum absolute atomic E-state index is 0.00708. The van der Waals surface area contributed by atoms with Crippen molar-refractivity contribution in [1.82, 2.24) is 14.6 Å². The quantitative estimate of drug-likeness (QED) is 0.589. The zero-order valence-corrected chi connectivity index (χ0v) is 17.9. The highest BCUT2D eigenvalue weighted by Crippen LogP contribution is 2.19. The number of pyridine rings is 1. The number of hydrogen-bond acceptors (Lipinski definition) is 5. The Bertz CT molecular complexity index is 1190. The molecule has 0 aliphatic rings. The predicted molar refractivity (Wildman–Crippen MR) is 117 cm³/mol. The molecular weight excluding hydrogens is 416 g/mol. The van der Waals surface area contributed by atoms with E-state index in [1.807, 2.05) is 6.07 Å². The highest BCUT2D eigenvalue weighted by molar-refractivity contribution is 7.89. The first-order valence-electron chi connectivity index (χ1n) is 9.39. The normalized spacial score (nSPS) is 11.2. The van der Waals surface area contributed by atoms with E-state index in [2.05, 4.69) is 15.6 Å². The molecule has 0 unspecified atom stereocenters. The molecule has 0 bridgehead atoms. The Balaban J connectivity index is 1.78. The molecule has 31 heavy (non-hydrogen) atoms. The number of anilines is 1. The van der Waals surface area contributed by atoms with Crippen molar-refractivity contribution in [3.63, 3.8) is 0 Å². The summed E-state index contributed by atoms with van der Waals surface area (Å²) in [5.74, 6) is -0.882. The molecule has 2 aromatic carbocycles. The Labute approximate surface area is 181 Å². The summed E-state index contributed by atoms with van der Waals surface area (Å²) in [7, 11) is -0.839. The van der Waals surface area contributed by atoms with Crippen LogP contribution in [0.3, 0.4) is 0 Å². The van der Waals surface area contributed by atoms with E-state index in [4.69, 9.17) is 0 Å². The molecule has 0 saturated carbocycles. The molecule has 1 aromatic heterocycles. The number of para-hydroxylation sites is 1. The second-order valence-electron chi connectivity index (χ2n) is 6.86. The monoisotopic (exact) mass is 438 g/mol. The van der Waals surface area contributed by atoms with Gasteiger partial charge in [-0.25, -0.2) is 12.7 Å². The molecule has 2 amide bonds. The van der Waals surface area contributed by atoms with E-state index in [1.54, 1.807) is 42.7 Å². The zero-order chi connectivity index (χ0) is 22.4. The number of carbonyl (C=O) groups is 2. The highest BCUT2D eigenvalue weighted by Gasteiger charge is 2.19. The smallest absolute Gasteiger partial charge is 0.255 e. The Hall–Kier alpha value is -3.56. The average molecular weight is 439 g/mol. The van der Waals surface area contributed by atoms with Crippen LogP contribution >= 0.6 is 0 Å². The van der Waals surface area contributed by atoms with Crippen molar-refractivity contribution in [1.29, 1.82) is 0 Å². The van der Waals surface area contributed by atoms with E-state index in [1.165, 1.54) is 38.4 Å². The Kier molecular flexibility index (Phi) is 6.78. The van der Waals surface area contributed by atoms with E-state index >= 15 is 0 Å². The van der Waals surface area contributed by atoms with Crippen LogP contribution in [-0.2, 0) is 16.6 Å². The SMILES string of the molecule is CN(C)S(=O)(=O)c1cccc(C(=O)Nc2ccccc2C(=O)NCc2cccnc2)c1. The van der Waals surface area contributed by atoms with Gasteiger partial charge in [0.1, 0.15) is 0 Å². The maximum Gasteiger partial charge on any atom is 0.255 e. The summed E-state index contributed by atoms with van der Waals surface area (Å²) in [6, 6.07) is 15.9. The topological polar surface area (TPSA) is 108 Å². The first kappa shape index (κ1) is 22.1. The molecule has 0 aliphatic heterocycles. The van der Waals surface area contributed by atoms with Gasteiger partial charge >= 0.3 is 0 Å². The van der Waals surface area contributed by atoms with E-state index in [-0.39, 0.29) is 21.9 Å². The molecule has 0 atom stereocenters. The van der Waals surface area contributed by atoms with Crippen LogP contribution in [0, 0.1) is 0 Å². The predicted octanol–water partition coefficient (Wildman–Crippen LogP) is 2.51. The van der Waals surface area contributed by atoms with E-state index < -0.39 is 15.9 Å². The van der Waals surface area contributed by atoms with E-state index in [9.17, 15) is 18.0 Å². The number of nitrogens with zero attached hydrogens (tertiary/aromatic N) is 2. The first-order chi connectivity index (χ1) is 14.8. The van der Waals surface area contributed by atoms with Crippen LogP contribution in [0.2, 0.25) is 0 Å². The van der Waals surface area contributed by atoms with Gasteiger partial charge in [0.2, 0.25) is 10.0 Å². The van der Waals surface area contributed by atoms with Gasteiger partial charge in [-0.3, -0.25) is 14.6 Å². The number of sulfonamides is 1. The second kappa shape index (κ2) is 9.50. The molecule has 3 aromatic rings. The van der Waals surface area contributed by atoms with Gasteiger partial charge in [-0.05, 0) is 42.0 Å². The maximum absolute atomic E-state index is 12.8. The molecule has 3 rings (SSSR count). The maximum atomic E-state index is 12.8. The van der Waals surface area contributed by atoms with Crippen LogP contribution in [0.15, 0.2) is 78.0 Å². The number of rotatable bonds is 7. The van der Waals surface area contributed by atoms with Gasteiger partial charge in [-0.1, -0.05) is 24.3 Å². The van der Waals surface area contributed by atoms with Crippen molar-refractivity contribution in [3.05, 3.63) is 89.7 Å². The van der Waals surface area contributed by atoms with E-state index in [0.717, 1.165) is 9.87 Å². The van der Waals surface area contributed by atoms with Crippen molar-refractivity contribution in [2.24, 2.45) is 0 Å². The van der Waals surface area contributed by atoms with Gasteiger partial charge in [0.05, 0.1) is 16.1 Å². The molecule has 0 radical (unpaired) electrons. The third-order valence-electron chi connectivity index (χ3n) is 4.47. The van der Waals surface area contributed by atoms with Crippen molar-refractivity contribution >= 4 is 27.5 Å². The van der Waals surface area contributed by atoms with Crippen molar-refractivity contribution in [2.75, 3.05) is 19.4 Å². The summed E-state index contributed by atoms with van der Waals surface area (Å²) in [6.45, 7) is 0.291. The largest absolute Gasteiger partial charge is 0.348 e. The minimum Gasteiger partial charge on any atom is -0.348 e. The zero-order valence-electron chi connectivity index (χ0n) is 17.1. The molecular formula is C22H22N4O4S. The van der Waals surface area contributed by atoms with Crippen LogP contribution in [0.4, 0.5) is 5.69 Å². The summed E-state index contributed by atoms with van der Waals surface area (Å²) in [5, 5.41) is 5.49. The number of carbonyl (C=O) groups excluding carboxylic acids is 2. The summed E-state index contributed by atoms with van der Waals surface area (Å²) in [5.41, 5.74) is 1.61. The van der Waals surface area contributed by atoms with Gasteiger partial charge < -0.3 is 10.6 Å². The number of hydrogen-bond donors (Lipinski definition) is 2. The fraction of sp³-hybridized carbons (Fsp3) is 0.136. The van der Waals surface area contributed by atoms with Gasteiger partial charge in [-0.15, -0.1) is 0 Å². The third-order valence-corrected chi connectivity index (χ3v) is 6.28. The standard InChI is InChI=1S/C22H22N4O4S/c1-26(2)31(29,30)18-9-5-8-17(13-18)21(27)25-20-11-4-3-10-19(20)22(28)24-15-16-7-6-12-23-14-16/h3-14H,15H2,1-2H3,(H,24,28)(H,25,27). The first-order valence-corrected chi connectivity index (χ1v) is 10.8. The fourth-order valence-electron chi connectivity index (χ4n) is 2.77. The lowest BCUT2D eigenvalue weighted by Crippen LogP contribution is -2.25. The second-order valence-corrected chi connectivity index (χ2v) is 9.01. The Morgan fingerprint density at radius 2 is 1.74 bits per heavy atom. The average Bonchev–Trinajstić information content (AvgIpc) is 2.78. The van der Waals surface area contributed by atoms with Gasteiger partial charge in [0.25, 0.3) is 11.8 Å². The van der Waals surface area contributed by atoms with E-state index in [0.29, 0.717) is 12.2 Å².